The van der Waals surface area contributed by atoms with E-state index in [1.165, 1.54) is 34.1 Å². The van der Waals surface area contributed by atoms with Gasteiger partial charge in [0.05, 0.1) is 19.9 Å². The van der Waals surface area contributed by atoms with Crippen molar-refractivity contribution in [3.05, 3.63) is 67.9 Å². The molecule has 2 fully saturated rings. The van der Waals surface area contributed by atoms with Crippen LogP contribution in [0.4, 0.5) is 20.2 Å². The molecule has 0 spiro atoms. The van der Waals surface area contributed by atoms with Crippen molar-refractivity contribution in [2.75, 3.05) is 23.7 Å². The highest BCUT2D eigenvalue weighted by Crippen LogP contribution is 2.42. The molecule has 4 rings (SSSR count). The highest BCUT2D eigenvalue weighted by atomic mass is 35.5. The Morgan fingerprint density at radius 1 is 0.738 bits per heavy atom. The third kappa shape index (κ3) is 7.85. The van der Waals surface area contributed by atoms with Gasteiger partial charge in [-0.1, -0.05) is 71.2 Å². The van der Waals surface area contributed by atoms with Gasteiger partial charge in [0.1, 0.15) is 20.3 Å². The van der Waals surface area contributed by atoms with Crippen LogP contribution in [-0.4, -0.2) is 55.2 Å². The maximum Gasteiger partial charge on any atom is 0.267 e. The molecule has 16 heteroatoms. The number of nitrogens with zero attached hydrogens (tertiary/aromatic N) is 2. The van der Waals surface area contributed by atoms with Gasteiger partial charge in [-0.15, -0.1) is 0 Å². The van der Waals surface area contributed by atoms with Gasteiger partial charge in [-0.3, -0.25) is 29.0 Å². The topological polar surface area (TPSA) is 98.8 Å². The monoisotopic (exact) mass is 688 g/mol. The lowest BCUT2D eigenvalue weighted by atomic mass is 10.2. The number of halogens is 4. The third-order valence-corrected chi connectivity index (χ3v) is 9.49. The Balaban J connectivity index is 1.27. The van der Waals surface area contributed by atoms with Crippen molar-refractivity contribution in [1.29, 1.82) is 0 Å². The summed E-state index contributed by atoms with van der Waals surface area (Å²) in [5.41, 5.74) is 0.690. The van der Waals surface area contributed by atoms with Gasteiger partial charge in [0.25, 0.3) is 11.8 Å². The van der Waals surface area contributed by atoms with E-state index in [9.17, 15) is 28.0 Å². The fourth-order valence-electron chi connectivity index (χ4n) is 3.85. The van der Waals surface area contributed by atoms with Crippen molar-refractivity contribution in [2.24, 2.45) is 0 Å². The number of nitrogens with one attached hydrogen (secondary N) is 2. The predicted molar refractivity (Wildman–Crippen MR) is 169 cm³/mol. The van der Waals surface area contributed by atoms with Crippen LogP contribution >= 0.6 is 71.2 Å². The number of hydrogen-bond acceptors (Lipinski definition) is 8. The summed E-state index contributed by atoms with van der Waals surface area (Å²) in [5.74, 6) is -2.80. The third-order valence-electron chi connectivity index (χ3n) is 5.88. The Kier molecular flexibility index (Phi) is 10.9. The first-order valence-corrected chi connectivity index (χ1v) is 15.5. The summed E-state index contributed by atoms with van der Waals surface area (Å²) < 4.78 is 27.1. The number of carbonyl (C=O) groups is 4. The zero-order chi connectivity index (χ0) is 30.6. The summed E-state index contributed by atoms with van der Waals surface area (Å²) in [6.45, 7) is 0.306. The number of carbonyl (C=O) groups excluding carboxylic acids is 4. The van der Waals surface area contributed by atoms with Crippen LogP contribution in [0.25, 0.3) is 0 Å². The molecule has 0 bridgehead atoms. The molecule has 2 aliphatic heterocycles. The summed E-state index contributed by atoms with van der Waals surface area (Å²) in [7, 11) is 0. The van der Waals surface area contributed by atoms with E-state index in [1.54, 1.807) is 0 Å². The second-order valence-electron chi connectivity index (χ2n) is 8.87. The van der Waals surface area contributed by atoms with E-state index in [4.69, 9.17) is 47.6 Å². The van der Waals surface area contributed by atoms with Crippen LogP contribution in [0.3, 0.4) is 0 Å². The smallest absolute Gasteiger partial charge is 0.267 e. The first kappa shape index (κ1) is 32.3. The molecule has 0 saturated carbocycles. The Hall–Kier alpha value is -2.62. The molecule has 0 unspecified atom stereocenters. The lowest BCUT2D eigenvalue weighted by Gasteiger charge is -2.15. The van der Waals surface area contributed by atoms with Crippen molar-refractivity contribution < 1.29 is 28.0 Å². The van der Waals surface area contributed by atoms with Gasteiger partial charge >= 0.3 is 0 Å². The molecule has 8 nitrogen and oxygen atoms in total. The van der Waals surface area contributed by atoms with Crippen LogP contribution in [0.1, 0.15) is 25.7 Å². The Bertz CT molecular complexity index is 1430. The summed E-state index contributed by atoms with van der Waals surface area (Å²) >= 11 is 24.1. The summed E-state index contributed by atoms with van der Waals surface area (Å²) in [4.78, 5) is 53.8. The van der Waals surface area contributed by atoms with Crippen LogP contribution in [0, 0.1) is 11.6 Å². The first-order valence-electron chi connectivity index (χ1n) is 12.3. The molecule has 0 aliphatic carbocycles. The molecular weight excluding hydrogens is 669 g/mol. The van der Waals surface area contributed by atoms with E-state index in [-0.39, 0.29) is 79.1 Å². The lowest BCUT2D eigenvalue weighted by molar-refractivity contribution is -0.124. The van der Waals surface area contributed by atoms with Crippen LogP contribution in [0.2, 0.25) is 10.0 Å². The standard InChI is InChI=1S/C26H20Cl2F2N4O4S4/c27-15-11-13(5-7-17(15)29)31-19(35)3-1-9-33-23(37)21(41-25(33)39)22-24(38)34(26(40)42-22)10-2-4-20(36)32-14-6-8-18(30)16(28)12-14/h5-8,11-12H,1-4,9-10H2,(H,31,35)(H,32,36)/b22-21+. The molecule has 2 heterocycles. The van der Waals surface area contributed by atoms with Gasteiger partial charge in [-0.25, -0.2) is 8.78 Å². The molecular formula is C26H20Cl2F2N4O4S4. The minimum Gasteiger partial charge on any atom is -0.326 e. The largest absolute Gasteiger partial charge is 0.326 e. The van der Waals surface area contributed by atoms with Crippen LogP contribution < -0.4 is 10.6 Å². The van der Waals surface area contributed by atoms with Crippen molar-refractivity contribution in [1.82, 2.24) is 9.80 Å². The number of hydrogen-bond donors (Lipinski definition) is 2. The first-order chi connectivity index (χ1) is 19.9. The number of amides is 4. The maximum atomic E-state index is 13.3. The summed E-state index contributed by atoms with van der Waals surface area (Å²) in [6.07, 6.45) is 0.692. The van der Waals surface area contributed by atoms with Gasteiger partial charge in [-0.05, 0) is 49.2 Å². The van der Waals surface area contributed by atoms with Crippen molar-refractivity contribution in [3.63, 3.8) is 0 Å². The fourth-order valence-corrected chi connectivity index (χ4v) is 6.98. The highest BCUT2D eigenvalue weighted by molar-refractivity contribution is 8.29. The van der Waals surface area contributed by atoms with E-state index in [2.05, 4.69) is 10.6 Å². The number of thiocarbonyl (C=S) groups is 2. The van der Waals surface area contributed by atoms with Crippen molar-refractivity contribution in [2.45, 2.75) is 25.7 Å². The number of benzene rings is 2. The minimum absolute atomic E-state index is 0.0608. The summed E-state index contributed by atoms with van der Waals surface area (Å²) in [5, 5.41) is 4.99. The highest BCUT2D eigenvalue weighted by Gasteiger charge is 2.41. The molecule has 42 heavy (non-hydrogen) atoms. The van der Waals surface area contributed by atoms with Gasteiger partial charge in [-0.2, -0.15) is 0 Å². The SMILES string of the molecule is O=C(CCCN1C(=O)/C(=C2\SC(=S)N(CCCC(=O)Nc3ccc(F)c(Cl)c3)C2=O)SC1=S)Nc1ccc(F)c(Cl)c1. The van der Waals surface area contributed by atoms with E-state index in [1.807, 2.05) is 0 Å². The Labute approximate surface area is 268 Å². The van der Waals surface area contributed by atoms with Crippen molar-refractivity contribution in [3.8, 4) is 0 Å². The van der Waals surface area contributed by atoms with E-state index >= 15 is 0 Å². The molecule has 0 atom stereocenters. The molecule has 2 aliphatic rings. The molecule has 4 amide bonds. The molecule has 0 aromatic heterocycles. The molecule has 2 N–H and O–H groups in total. The second kappa shape index (κ2) is 14.2. The zero-order valence-corrected chi connectivity index (χ0v) is 26.2. The quantitative estimate of drug-likeness (QED) is 0.220. The average molecular weight is 690 g/mol. The number of thioether (sulfide) groups is 2. The fraction of sp³-hybridized carbons (Fsp3) is 0.231. The minimum atomic E-state index is -0.599. The predicted octanol–water partition coefficient (Wildman–Crippen LogP) is 6.34. The van der Waals surface area contributed by atoms with Gasteiger partial charge in [0.2, 0.25) is 11.8 Å². The number of rotatable bonds is 10. The van der Waals surface area contributed by atoms with Gasteiger partial charge in [0.15, 0.2) is 0 Å². The van der Waals surface area contributed by atoms with Gasteiger partial charge < -0.3 is 10.6 Å². The van der Waals surface area contributed by atoms with Crippen LogP contribution in [0.5, 0.6) is 0 Å². The Morgan fingerprint density at radius 2 is 1.12 bits per heavy atom. The zero-order valence-electron chi connectivity index (χ0n) is 21.4. The van der Waals surface area contributed by atoms with Crippen LogP contribution in [-0.2, 0) is 19.2 Å². The van der Waals surface area contributed by atoms with E-state index < -0.39 is 23.4 Å². The lowest BCUT2D eigenvalue weighted by Crippen LogP contribution is -2.31. The van der Waals surface area contributed by atoms with Gasteiger partial charge in [0, 0.05) is 37.3 Å². The molecule has 2 aromatic rings. The summed E-state index contributed by atoms with van der Waals surface area (Å²) in [6, 6.07) is 7.65. The number of anilines is 2. The molecule has 0 radical (unpaired) electrons. The normalized spacial score (nSPS) is 17.0. The van der Waals surface area contributed by atoms with Crippen molar-refractivity contribution >= 4 is 115 Å². The molecule has 2 aromatic carbocycles. The van der Waals surface area contributed by atoms with Crippen LogP contribution in [0.15, 0.2) is 46.2 Å². The van der Waals surface area contributed by atoms with E-state index in [0.717, 1.165) is 35.7 Å². The average Bonchev–Trinajstić information content (AvgIpc) is 3.37. The Morgan fingerprint density at radius 3 is 1.48 bits per heavy atom. The molecule has 220 valence electrons. The molecule has 2 saturated heterocycles. The maximum absolute atomic E-state index is 13.3. The van der Waals surface area contributed by atoms with E-state index in [0.29, 0.717) is 11.4 Å². The second-order valence-corrected chi connectivity index (χ2v) is 13.0.